The number of carboxylic acids is 1. The van der Waals surface area contributed by atoms with Gasteiger partial charge in [-0.05, 0) is 18.3 Å². The van der Waals surface area contributed by atoms with Crippen molar-refractivity contribution in [1.29, 1.82) is 0 Å². The van der Waals surface area contributed by atoms with Crippen LogP contribution in [0.15, 0.2) is 29.4 Å². The Balaban J connectivity index is 3.13. The van der Waals surface area contributed by atoms with E-state index in [9.17, 15) is 9.90 Å². The van der Waals surface area contributed by atoms with E-state index < -0.39 is 5.97 Å². The van der Waals surface area contributed by atoms with Gasteiger partial charge in [0.15, 0.2) is 5.11 Å². The molecule has 0 bridgehead atoms. The van der Waals surface area contributed by atoms with Crippen LogP contribution in [0.4, 0.5) is 5.69 Å². The molecule has 16 heavy (non-hydrogen) atoms. The minimum atomic E-state index is -1.47. The molecule has 84 valence electrons. The normalized spacial score (nSPS) is 10.9. The topological polar surface area (TPSA) is 117 Å². The Morgan fingerprint density at radius 1 is 1.44 bits per heavy atom. The molecule has 1 aromatic carbocycles. The number of aliphatic carboxylic acids is 1. The summed E-state index contributed by atoms with van der Waals surface area (Å²) < 4.78 is 0. The van der Waals surface area contributed by atoms with Gasteiger partial charge in [-0.25, -0.2) is 0 Å². The molecule has 0 aliphatic carbocycles. The van der Waals surface area contributed by atoms with Crippen LogP contribution in [-0.4, -0.2) is 16.8 Å². The first-order valence-electron chi connectivity index (χ1n) is 4.21. The molecule has 5 N–H and O–H groups in total. The number of nitrogen functional groups attached to an aromatic ring is 1. The first-order valence-corrected chi connectivity index (χ1v) is 4.62. The highest BCUT2D eigenvalue weighted by molar-refractivity contribution is 7.80. The number of nitrogens with two attached hydrogens (primary N) is 2. The highest BCUT2D eigenvalue weighted by Crippen LogP contribution is 2.11. The summed E-state index contributed by atoms with van der Waals surface area (Å²) in [5.41, 5.74) is 13.1. The minimum Gasteiger partial charge on any atom is -0.543 e. The van der Waals surface area contributed by atoms with E-state index in [4.69, 9.17) is 11.5 Å². The van der Waals surface area contributed by atoms with Crippen LogP contribution in [0.25, 0.3) is 0 Å². The van der Waals surface area contributed by atoms with Crippen molar-refractivity contribution < 1.29 is 9.90 Å². The Bertz CT molecular complexity index is 459. The third kappa shape index (κ3) is 2.92. The van der Waals surface area contributed by atoms with Gasteiger partial charge in [0, 0.05) is 11.3 Å². The number of carbonyl (C=O) groups is 1. The van der Waals surface area contributed by atoms with E-state index >= 15 is 0 Å². The maximum absolute atomic E-state index is 10.8. The summed E-state index contributed by atoms with van der Waals surface area (Å²) >= 11 is 4.50. The molecule has 0 atom stereocenters. The van der Waals surface area contributed by atoms with Gasteiger partial charge in [0.05, 0.1) is 5.97 Å². The Kier molecular flexibility index (Phi) is 3.78. The predicted octanol–water partition coefficient (Wildman–Crippen LogP) is -1.44. The fraction of sp³-hybridized carbons (Fsp3) is 0. The molecular formula is C9H9N4O2S-. The van der Waals surface area contributed by atoms with Crippen molar-refractivity contribution in [3.05, 3.63) is 29.8 Å². The number of hydrogen-bond acceptors (Lipinski definition) is 5. The molecule has 0 saturated carbocycles. The molecule has 0 aliphatic heterocycles. The van der Waals surface area contributed by atoms with Crippen LogP contribution < -0.4 is 22.0 Å². The van der Waals surface area contributed by atoms with E-state index in [2.05, 4.69) is 22.7 Å². The molecule has 7 heteroatoms. The number of rotatable bonds is 3. The lowest BCUT2D eigenvalue weighted by atomic mass is 10.1. The second-order valence-corrected chi connectivity index (χ2v) is 3.25. The predicted molar refractivity (Wildman–Crippen MR) is 62.3 cm³/mol. The summed E-state index contributed by atoms with van der Waals surface area (Å²) in [7, 11) is 0. The van der Waals surface area contributed by atoms with E-state index in [1.165, 1.54) is 6.07 Å². The van der Waals surface area contributed by atoms with Gasteiger partial charge < -0.3 is 21.4 Å². The summed E-state index contributed by atoms with van der Waals surface area (Å²) in [6, 6.07) is 6.36. The molecular weight excluding hydrogens is 228 g/mol. The Morgan fingerprint density at radius 3 is 2.56 bits per heavy atom. The fourth-order valence-electron chi connectivity index (χ4n) is 1.04. The van der Waals surface area contributed by atoms with Gasteiger partial charge in [0.25, 0.3) is 0 Å². The molecule has 0 saturated heterocycles. The van der Waals surface area contributed by atoms with Crippen molar-refractivity contribution in [3.63, 3.8) is 0 Å². The molecule has 0 aliphatic rings. The molecule has 0 spiro atoms. The van der Waals surface area contributed by atoms with Crippen molar-refractivity contribution in [3.8, 4) is 0 Å². The quantitative estimate of drug-likeness (QED) is 0.256. The Labute approximate surface area is 96.9 Å². The van der Waals surface area contributed by atoms with Crippen molar-refractivity contribution in [2.24, 2.45) is 10.8 Å². The lowest BCUT2D eigenvalue weighted by molar-refractivity contribution is -0.294. The number of anilines is 1. The van der Waals surface area contributed by atoms with Crippen LogP contribution in [-0.2, 0) is 4.79 Å². The second-order valence-electron chi connectivity index (χ2n) is 2.81. The van der Waals surface area contributed by atoms with E-state index in [0.29, 0.717) is 0 Å². The molecule has 0 radical (unpaired) electrons. The molecule has 0 amide bonds. The maximum atomic E-state index is 10.8. The summed E-state index contributed by atoms with van der Waals surface area (Å²) in [4.78, 5) is 10.8. The van der Waals surface area contributed by atoms with Gasteiger partial charge in [0.2, 0.25) is 0 Å². The van der Waals surface area contributed by atoms with Crippen LogP contribution >= 0.6 is 12.2 Å². The van der Waals surface area contributed by atoms with Gasteiger partial charge in [-0.15, -0.1) is 0 Å². The highest BCUT2D eigenvalue weighted by Gasteiger charge is 2.08. The Hall–Kier alpha value is -2.15. The average molecular weight is 237 g/mol. The van der Waals surface area contributed by atoms with Crippen LogP contribution in [0, 0.1) is 0 Å². The van der Waals surface area contributed by atoms with E-state index in [-0.39, 0.29) is 22.1 Å². The number of para-hydroxylation sites is 1. The number of hydrazone groups is 1. The van der Waals surface area contributed by atoms with Crippen molar-refractivity contribution >= 4 is 34.7 Å². The van der Waals surface area contributed by atoms with Crippen LogP contribution in [0.2, 0.25) is 0 Å². The van der Waals surface area contributed by atoms with Crippen LogP contribution in [0.1, 0.15) is 5.56 Å². The lowest BCUT2D eigenvalue weighted by Gasteiger charge is -2.10. The number of carbonyl (C=O) groups excluding carboxylic acids is 1. The van der Waals surface area contributed by atoms with E-state index in [0.717, 1.165) is 0 Å². The molecule has 0 heterocycles. The smallest absolute Gasteiger partial charge is 0.184 e. The highest BCUT2D eigenvalue weighted by atomic mass is 32.1. The minimum absolute atomic E-state index is 0.145. The van der Waals surface area contributed by atoms with Gasteiger partial charge in [-0.1, -0.05) is 18.2 Å². The first-order chi connectivity index (χ1) is 7.52. The first kappa shape index (κ1) is 11.9. The van der Waals surface area contributed by atoms with Gasteiger partial charge in [-0.2, -0.15) is 5.10 Å². The number of carboxylic acid groups (broad SMARTS) is 1. The molecule has 0 fully saturated rings. The number of nitrogens with zero attached hydrogens (tertiary/aromatic N) is 1. The zero-order chi connectivity index (χ0) is 12.1. The Morgan fingerprint density at radius 2 is 2.06 bits per heavy atom. The van der Waals surface area contributed by atoms with Crippen LogP contribution in [0.3, 0.4) is 0 Å². The summed E-state index contributed by atoms with van der Waals surface area (Å²) in [5, 5.41) is 14.2. The molecule has 6 nitrogen and oxygen atoms in total. The van der Waals surface area contributed by atoms with Gasteiger partial charge in [0.1, 0.15) is 5.71 Å². The largest absolute Gasteiger partial charge is 0.543 e. The van der Waals surface area contributed by atoms with Crippen LogP contribution in [0.5, 0.6) is 0 Å². The van der Waals surface area contributed by atoms with E-state index in [1.807, 2.05) is 0 Å². The van der Waals surface area contributed by atoms with Crippen molar-refractivity contribution in [1.82, 2.24) is 5.43 Å². The maximum Gasteiger partial charge on any atom is 0.184 e. The second kappa shape index (κ2) is 5.08. The van der Waals surface area contributed by atoms with E-state index in [1.54, 1.807) is 18.2 Å². The number of thiocarbonyl (C=S) groups is 1. The lowest BCUT2D eigenvalue weighted by Crippen LogP contribution is -2.36. The van der Waals surface area contributed by atoms with Gasteiger partial charge >= 0.3 is 0 Å². The fourth-order valence-corrected chi connectivity index (χ4v) is 1.09. The standard InChI is InChI=1S/C9H10N4O2S/c10-6-4-2-1-3-5(6)7(8(14)15)12-13-9(11)16/h1-4H,10H2,(H,14,15)(H3,11,13,16)/p-1/b12-7+. The monoisotopic (exact) mass is 237 g/mol. The zero-order valence-corrected chi connectivity index (χ0v) is 8.95. The average Bonchev–Trinajstić information content (AvgIpc) is 2.20. The number of benzene rings is 1. The number of nitrogens with one attached hydrogen (secondary N) is 1. The molecule has 1 rings (SSSR count). The van der Waals surface area contributed by atoms with Gasteiger partial charge in [-0.3, -0.25) is 5.43 Å². The SMILES string of the molecule is NC(=S)N/N=C(/C(=O)[O-])c1ccccc1N. The third-order valence-electron chi connectivity index (χ3n) is 1.69. The summed E-state index contributed by atoms with van der Waals surface area (Å²) in [6.07, 6.45) is 0. The molecule has 0 aromatic heterocycles. The third-order valence-corrected chi connectivity index (χ3v) is 1.78. The molecule has 1 aromatic rings. The molecule has 0 unspecified atom stereocenters. The summed E-state index contributed by atoms with van der Waals surface area (Å²) in [5.74, 6) is -1.47. The number of hydrogen-bond donors (Lipinski definition) is 3. The zero-order valence-electron chi connectivity index (χ0n) is 8.14. The van der Waals surface area contributed by atoms with Crippen molar-refractivity contribution in [2.75, 3.05) is 5.73 Å². The van der Waals surface area contributed by atoms with Crippen molar-refractivity contribution in [2.45, 2.75) is 0 Å². The summed E-state index contributed by atoms with van der Waals surface area (Å²) in [6.45, 7) is 0.